The van der Waals surface area contributed by atoms with E-state index in [-0.39, 0.29) is 23.7 Å². The number of amides is 1. The van der Waals surface area contributed by atoms with E-state index in [2.05, 4.69) is 5.32 Å². The van der Waals surface area contributed by atoms with Crippen LogP contribution in [0.2, 0.25) is 0 Å². The highest BCUT2D eigenvalue weighted by Gasteiger charge is 2.41. The third-order valence-corrected chi connectivity index (χ3v) is 3.68. The number of hydrogen-bond acceptors (Lipinski definition) is 3. The number of phenolic OH excluding ortho intramolecular Hbond substituents is 1. The second-order valence-corrected chi connectivity index (χ2v) is 5.16. The van der Waals surface area contributed by atoms with Crippen LogP contribution < -0.4 is 5.32 Å². The molecule has 1 aromatic carbocycles. The van der Waals surface area contributed by atoms with Crippen LogP contribution in [0.25, 0.3) is 0 Å². The van der Waals surface area contributed by atoms with Gasteiger partial charge in [-0.15, -0.1) is 0 Å². The molecule has 1 aliphatic carbocycles. The summed E-state index contributed by atoms with van der Waals surface area (Å²) in [5, 5.41) is 21.3. The highest BCUT2D eigenvalue weighted by atomic mass is 16.3. The molecule has 3 N–H and O–H groups in total. The minimum Gasteiger partial charge on any atom is -0.508 e. The van der Waals surface area contributed by atoms with E-state index < -0.39 is 0 Å². The monoisotopic (exact) mass is 249 g/mol. The van der Waals surface area contributed by atoms with Crippen LogP contribution in [0, 0.1) is 12.3 Å². The maximum absolute atomic E-state index is 11.9. The molecule has 0 aromatic heterocycles. The molecule has 4 nitrogen and oxygen atoms in total. The van der Waals surface area contributed by atoms with E-state index in [0.717, 1.165) is 19.3 Å². The number of aromatic hydroxyl groups is 1. The Morgan fingerprint density at radius 1 is 1.44 bits per heavy atom. The Morgan fingerprint density at radius 2 is 2.17 bits per heavy atom. The Kier molecular flexibility index (Phi) is 3.57. The highest BCUT2D eigenvalue weighted by molar-refractivity contribution is 5.94. The summed E-state index contributed by atoms with van der Waals surface area (Å²) < 4.78 is 0. The van der Waals surface area contributed by atoms with Gasteiger partial charge in [0.05, 0.1) is 0 Å². The first-order chi connectivity index (χ1) is 8.56. The SMILES string of the molecule is Cc1cc(C(=O)NCC2(CCO)CC2)ccc1O. The zero-order valence-electron chi connectivity index (χ0n) is 10.6. The molecule has 0 aliphatic heterocycles. The smallest absolute Gasteiger partial charge is 0.251 e. The minimum atomic E-state index is -0.123. The summed E-state index contributed by atoms with van der Waals surface area (Å²) in [5.41, 5.74) is 1.38. The largest absolute Gasteiger partial charge is 0.508 e. The van der Waals surface area contributed by atoms with E-state index in [1.54, 1.807) is 19.1 Å². The van der Waals surface area contributed by atoms with Crippen molar-refractivity contribution in [3.8, 4) is 5.75 Å². The molecular weight excluding hydrogens is 230 g/mol. The number of carbonyl (C=O) groups excluding carboxylic acids is 1. The van der Waals surface area contributed by atoms with Crippen LogP contribution >= 0.6 is 0 Å². The van der Waals surface area contributed by atoms with Crippen molar-refractivity contribution in [2.45, 2.75) is 26.2 Å². The number of hydrogen-bond donors (Lipinski definition) is 3. The fraction of sp³-hybridized carbons (Fsp3) is 0.500. The second kappa shape index (κ2) is 4.98. The summed E-state index contributed by atoms with van der Waals surface area (Å²) >= 11 is 0. The molecule has 1 saturated carbocycles. The van der Waals surface area contributed by atoms with Gasteiger partial charge < -0.3 is 15.5 Å². The summed E-state index contributed by atoms with van der Waals surface area (Å²) in [6, 6.07) is 4.82. The molecule has 1 aliphatic rings. The van der Waals surface area contributed by atoms with Crippen molar-refractivity contribution in [2.75, 3.05) is 13.2 Å². The summed E-state index contributed by atoms with van der Waals surface area (Å²) in [7, 11) is 0. The summed E-state index contributed by atoms with van der Waals surface area (Å²) in [4.78, 5) is 11.9. The number of aliphatic hydroxyl groups is 1. The van der Waals surface area contributed by atoms with Gasteiger partial charge in [0.2, 0.25) is 0 Å². The van der Waals surface area contributed by atoms with E-state index in [9.17, 15) is 9.90 Å². The number of phenols is 1. The lowest BCUT2D eigenvalue weighted by Crippen LogP contribution is -2.30. The van der Waals surface area contributed by atoms with Crippen molar-refractivity contribution in [2.24, 2.45) is 5.41 Å². The van der Waals surface area contributed by atoms with Crippen molar-refractivity contribution >= 4 is 5.91 Å². The standard InChI is InChI=1S/C14H19NO3/c1-10-8-11(2-3-12(10)17)13(18)15-9-14(4-5-14)6-7-16/h2-3,8,16-17H,4-7,9H2,1H3,(H,15,18). The Hall–Kier alpha value is -1.55. The summed E-state index contributed by atoms with van der Waals surface area (Å²) in [6.45, 7) is 2.56. The highest BCUT2D eigenvalue weighted by Crippen LogP contribution is 2.47. The third kappa shape index (κ3) is 2.82. The maximum Gasteiger partial charge on any atom is 0.251 e. The molecule has 2 rings (SSSR count). The lowest BCUT2D eigenvalue weighted by Gasteiger charge is -2.14. The van der Waals surface area contributed by atoms with Crippen LogP contribution in [0.5, 0.6) is 5.75 Å². The third-order valence-electron chi connectivity index (χ3n) is 3.68. The average molecular weight is 249 g/mol. The fourth-order valence-electron chi connectivity index (χ4n) is 2.10. The second-order valence-electron chi connectivity index (χ2n) is 5.16. The topological polar surface area (TPSA) is 69.6 Å². The Balaban J connectivity index is 1.93. The maximum atomic E-state index is 11.9. The van der Waals surface area contributed by atoms with Gasteiger partial charge in [0.15, 0.2) is 0 Å². The molecule has 98 valence electrons. The number of aryl methyl sites for hydroxylation is 1. The molecule has 0 unspecified atom stereocenters. The van der Waals surface area contributed by atoms with E-state index >= 15 is 0 Å². The Labute approximate surface area is 107 Å². The minimum absolute atomic E-state index is 0.121. The first-order valence-corrected chi connectivity index (χ1v) is 6.25. The van der Waals surface area contributed by atoms with E-state index in [1.165, 1.54) is 6.07 Å². The van der Waals surface area contributed by atoms with Crippen LogP contribution in [-0.4, -0.2) is 29.3 Å². The number of nitrogens with one attached hydrogen (secondary N) is 1. The van der Waals surface area contributed by atoms with Crippen LogP contribution in [0.3, 0.4) is 0 Å². The van der Waals surface area contributed by atoms with Crippen LogP contribution in [0.15, 0.2) is 18.2 Å². The van der Waals surface area contributed by atoms with Gasteiger partial charge in [0.25, 0.3) is 5.91 Å². The Morgan fingerprint density at radius 3 is 2.72 bits per heavy atom. The molecule has 0 bridgehead atoms. The first-order valence-electron chi connectivity index (χ1n) is 6.25. The molecular formula is C14H19NO3. The molecule has 1 amide bonds. The average Bonchev–Trinajstić information content (AvgIpc) is 3.11. The number of benzene rings is 1. The molecule has 0 spiro atoms. The van der Waals surface area contributed by atoms with Gasteiger partial charge in [-0.1, -0.05) is 0 Å². The summed E-state index contributed by atoms with van der Waals surface area (Å²) in [6.07, 6.45) is 2.90. The quantitative estimate of drug-likeness (QED) is 0.742. The van der Waals surface area contributed by atoms with Crippen molar-refractivity contribution in [1.82, 2.24) is 5.32 Å². The molecule has 0 radical (unpaired) electrons. The van der Waals surface area contributed by atoms with Crippen molar-refractivity contribution in [3.05, 3.63) is 29.3 Å². The zero-order chi connectivity index (χ0) is 13.2. The predicted molar refractivity (Wildman–Crippen MR) is 68.5 cm³/mol. The number of rotatable bonds is 5. The van der Waals surface area contributed by atoms with Gasteiger partial charge in [-0.25, -0.2) is 0 Å². The van der Waals surface area contributed by atoms with E-state index in [1.807, 2.05) is 0 Å². The Bertz CT molecular complexity index is 452. The van der Waals surface area contributed by atoms with Gasteiger partial charge in [0.1, 0.15) is 5.75 Å². The van der Waals surface area contributed by atoms with Gasteiger partial charge in [0, 0.05) is 18.7 Å². The molecule has 1 aromatic rings. The summed E-state index contributed by atoms with van der Waals surface area (Å²) in [5.74, 6) is 0.0767. The van der Waals surface area contributed by atoms with Crippen LogP contribution in [0.1, 0.15) is 35.2 Å². The van der Waals surface area contributed by atoms with Crippen molar-refractivity contribution in [1.29, 1.82) is 0 Å². The van der Waals surface area contributed by atoms with Gasteiger partial charge in [-0.05, 0) is 55.4 Å². The van der Waals surface area contributed by atoms with Crippen LogP contribution in [0.4, 0.5) is 0 Å². The molecule has 0 atom stereocenters. The molecule has 1 fully saturated rings. The van der Waals surface area contributed by atoms with Gasteiger partial charge in [-0.2, -0.15) is 0 Å². The lowest BCUT2D eigenvalue weighted by atomic mass is 10.0. The molecule has 0 heterocycles. The molecule has 0 saturated heterocycles. The molecule has 4 heteroatoms. The fourth-order valence-corrected chi connectivity index (χ4v) is 2.10. The first kappa shape index (κ1) is 12.9. The van der Waals surface area contributed by atoms with E-state index in [4.69, 9.17) is 5.11 Å². The normalized spacial score (nSPS) is 16.3. The van der Waals surface area contributed by atoms with Gasteiger partial charge >= 0.3 is 0 Å². The van der Waals surface area contributed by atoms with Crippen molar-refractivity contribution in [3.63, 3.8) is 0 Å². The van der Waals surface area contributed by atoms with E-state index in [0.29, 0.717) is 17.7 Å². The number of carbonyl (C=O) groups is 1. The van der Waals surface area contributed by atoms with Crippen molar-refractivity contribution < 1.29 is 15.0 Å². The predicted octanol–water partition coefficient (Wildman–Crippen LogP) is 1.59. The number of aliphatic hydroxyl groups excluding tert-OH is 1. The zero-order valence-corrected chi connectivity index (χ0v) is 10.6. The van der Waals surface area contributed by atoms with Gasteiger partial charge in [-0.3, -0.25) is 4.79 Å². The lowest BCUT2D eigenvalue weighted by molar-refractivity contribution is 0.0940. The van der Waals surface area contributed by atoms with Crippen LogP contribution in [-0.2, 0) is 0 Å². The molecule has 18 heavy (non-hydrogen) atoms.